The van der Waals surface area contributed by atoms with Gasteiger partial charge < -0.3 is 5.32 Å². The molecule has 1 aliphatic carbocycles. The van der Waals surface area contributed by atoms with Crippen LogP contribution in [-0.4, -0.2) is 5.54 Å². The Morgan fingerprint density at radius 3 is 2.72 bits per heavy atom. The maximum Gasteiger partial charge on any atom is 0.0317 e. The summed E-state index contributed by atoms with van der Waals surface area (Å²) in [6.45, 7) is 13.8. The Morgan fingerprint density at radius 2 is 2.11 bits per heavy atom. The molecule has 0 radical (unpaired) electrons. The van der Waals surface area contributed by atoms with Crippen molar-refractivity contribution in [2.45, 2.75) is 72.8 Å². The molecule has 18 heavy (non-hydrogen) atoms. The van der Waals surface area contributed by atoms with Gasteiger partial charge in [0.1, 0.15) is 0 Å². The molecule has 1 aliphatic rings. The third-order valence-corrected chi connectivity index (χ3v) is 3.83. The Morgan fingerprint density at radius 1 is 1.44 bits per heavy atom. The van der Waals surface area contributed by atoms with E-state index in [2.05, 4.69) is 59.0 Å². The van der Waals surface area contributed by atoms with Gasteiger partial charge in [0.05, 0.1) is 0 Å². The first-order chi connectivity index (χ1) is 8.34. The van der Waals surface area contributed by atoms with Crippen LogP contribution < -0.4 is 5.32 Å². The van der Waals surface area contributed by atoms with Crippen LogP contribution in [0.15, 0.2) is 23.4 Å². The van der Waals surface area contributed by atoms with E-state index in [1.807, 2.05) is 0 Å². The minimum atomic E-state index is 0.201. The number of nitrogens with one attached hydrogen (secondary N) is 1. The van der Waals surface area contributed by atoms with Gasteiger partial charge in [-0.05, 0) is 51.5 Å². The van der Waals surface area contributed by atoms with Gasteiger partial charge >= 0.3 is 0 Å². The molecule has 1 nitrogen and oxygen atoms in total. The lowest BCUT2D eigenvalue weighted by Crippen LogP contribution is -2.41. The van der Waals surface area contributed by atoms with Crippen LogP contribution in [0.1, 0.15) is 67.2 Å². The van der Waals surface area contributed by atoms with Crippen LogP contribution in [0.5, 0.6) is 0 Å². The maximum atomic E-state index is 3.78. The lowest BCUT2D eigenvalue weighted by Gasteiger charge is -2.34. The Hall–Kier alpha value is -0.720. The quantitative estimate of drug-likeness (QED) is 0.694. The zero-order valence-corrected chi connectivity index (χ0v) is 13.1. The summed E-state index contributed by atoms with van der Waals surface area (Å²) in [6, 6.07) is 0. The standard InChI is InChI=1S/C17H31N/c1-7-8-14(3)12-17(5,6)18-16-11-13(2)9-10-15(16)4/h9,11,14-15,18H,7-8,10,12H2,1-6H3/t14-,15-/m1/s1. The van der Waals surface area contributed by atoms with Gasteiger partial charge in [0.15, 0.2) is 0 Å². The molecule has 0 spiro atoms. The normalized spacial score (nSPS) is 22.2. The fraction of sp³-hybridized carbons (Fsp3) is 0.765. The predicted octanol–water partition coefficient (Wildman–Crippen LogP) is 5.05. The minimum absolute atomic E-state index is 0.201. The maximum absolute atomic E-state index is 3.78. The zero-order valence-electron chi connectivity index (χ0n) is 13.1. The highest BCUT2D eigenvalue weighted by atomic mass is 15.0. The summed E-state index contributed by atoms with van der Waals surface area (Å²) >= 11 is 0. The van der Waals surface area contributed by atoms with E-state index < -0.39 is 0 Å². The van der Waals surface area contributed by atoms with Crippen molar-refractivity contribution in [3.8, 4) is 0 Å². The van der Waals surface area contributed by atoms with E-state index in [0.717, 1.165) is 5.92 Å². The molecule has 0 unspecified atom stereocenters. The van der Waals surface area contributed by atoms with Crippen molar-refractivity contribution in [2.24, 2.45) is 11.8 Å². The summed E-state index contributed by atoms with van der Waals surface area (Å²) < 4.78 is 0. The molecule has 0 saturated heterocycles. The third-order valence-electron chi connectivity index (χ3n) is 3.83. The van der Waals surface area contributed by atoms with Crippen LogP contribution in [-0.2, 0) is 0 Å². The van der Waals surface area contributed by atoms with Gasteiger partial charge in [-0.2, -0.15) is 0 Å². The van der Waals surface area contributed by atoms with Crippen LogP contribution in [0, 0.1) is 11.8 Å². The van der Waals surface area contributed by atoms with E-state index in [1.54, 1.807) is 0 Å². The van der Waals surface area contributed by atoms with Crippen LogP contribution in [0.2, 0.25) is 0 Å². The lowest BCUT2D eigenvalue weighted by atomic mass is 9.87. The summed E-state index contributed by atoms with van der Waals surface area (Å²) in [4.78, 5) is 0. The van der Waals surface area contributed by atoms with Crippen molar-refractivity contribution < 1.29 is 0 Å². The van der Waals surface area contributed by atoms with Gasteiger partial charge in [-0.1, -0.05) is 45.3 Å². The number of hydrogen-bond acceptors (Lipinski definition) is 1. The summed E-state index contributed by atoms with van der Waals surface area (Å²) in [5.41, 5.74) is 3.02. The summed E-state index contributed by atoms with van der Waals surface area (Å²) in [5.74, 6) is 1.43. The topological polar surface area (TPSA) is 12.0 Å². The van der Waals surface area contributed by atoms with Crippen LogP contribution in [0.3, 0.4) is 0 Å². The smallest absolute Gasteiger partial charge is 0.0317 e. The number of hydrogen-bond donors (Lipinski definition) is 1. The Labute approximate surface area is 114 Å². The Bertz CT molecular complexity index is 323. The van der Waals surface area contributed by atoms with Gasteiger partial charge in [-0.3, -0.25) is 0 Å². The number of allylic oxidation sites excluding steroid dienone is 4. The third kappa shape index (κ3) is 4.88. The van der Waals surface area contributed by atoms with E-state index in [9.17, 15) is 0 Å². The van der Waals surface area contributed by atoms with Gasteiger partial charge in [0, 0.05) is 11.2 Å². The minimum Gasteiger partial charge on any atom is -0.383 e. The molecule has 1 N–H and O–H groups in total. The number of rotatable bonds is 6. The first-order valence-electron chi connectivity index (χ1n) is 7.50. The summed E-state index contributed by atoms with van der Waals surface area (Å²) in [5, 5.41) is 3.78. The molecule has 0 fully saturated rings. The van der Waals surface area contributed by atoms with Crippen molar-refractivity contribution in [1.82, 2.24) is 5.32 Å². The van der Waals surface area contributed by atoms with E-state index >= 15 is 0 Å². The molecular weight excluding hydrogens is 218 g/mol. The van der Waals surface area contributed by atoms with Crippen molar-refractivity contribution in [3.05, 3.63) is 23.4 Å². The molecule has 104 valence electrons. The van der Waals surface area contributed by atoms with Gasteiger partial charge in [0.25, 0.3) is 0 Å². The molecule has 1 heteroatoms. The molecular formula is C17H31N. The molecule has 0 heterocycles. The molecule has 0 saturated carbocycles. The highest BCUT2D eigenvalue weighted by Crippen LogP contribution is 2.26. The van der Waals surface area contributed by atoms with Gasteiger partial charge in [-0.25, -0.2) is 0 Å². The SMILES string of the molecule is CCC[C@@H](C)CC(C)(C)NC1=CC(C)=CC[C@H]1C. The fourth-order valence-electron chi connectivity index (χ4n) is 3.00. The van der Waals surface area contributed by atoms with Gasteiger partial charge in [0.2, 0.25) is 0 Å². The second-order valence-electron chi connectivity index (χ2n) is 6.79. The molecule has 0 aromatic carbocycles. The monoisotopic (exact) mass is 249 g/mol. The Balaban J connectivity index is 2.61. The fourth-order valence-corrected chi connectivity index (χ4v) is 3.00. The highest BCUT2D eigenvalue weighted by molar-refractivity contribution is 5.27. The van der Waals surface area contributed by atoms with Crippen LogP contribution >= 0.6 is 0 Å². The predicted molar refractivity (Wildman–Crippen MR) is 81.5 cm³/mol. The van der Waals surface area contributed by atoms with Crippen LogP contribution in [0.25, 0.3) is 0 Å². The molecule has 0 aliphatic heterocycles. The van der Waals surface area contributed by atoms with Crippen molar-refractivity contribution in [3.63, 3.8) is 0 Å². The zero-order chi connectivity index (χ0) is 13.8. The second-order valence-corrected chi connectivity index (χ2v) is 6.79. The second kappa shape index (κ2) is 6.45. The average Bonchev–Trinajstić information content (AvgIpc) is 2.22. The highest BCUT2D eigenvalue weighted by Gasteiger charge is 2.23. The van der Waals surface area contributed by atoms with Crippen molar-refractivity contribution in [1.29, 1.82) is 0 Å². The molecule has 0 bridgehead atoms. The van der Waals surface area contributed by atoms with Gasteiger partial charge in [-0.15, -0.1) is 0 Å². The Kier molecular flexibility index (Phi) is 5.49. The molecule has 2 atom stereocenters. The van der Waals surface area contributed by atoms with Crippen LogP contribution in [0.4, 0.5) is 0 Å². The molecule has 0 amide bonds. The largest absolute Gasteiger partial charge is 0.383 e. The first kappa shape index (κ1) is 15.3. The first-order valence-corrected chi connectivity index (χ1v) is 7.50. The molecule has 1 rings (SSSR count). The van der Waals surface area contributed by atoms with E-state index in [4.69, 9.17) is 0 Å². The summed E-state index contributed by atoms with van der Waals surface area (Å²) in [7, 11) is 0. The van der Waals surface area contributed by atoms with E-state index in [0.29, 0.717) is 5.92 Å². The summed E-state index contributed by atoms with van der Waals surface area (Å²) in [6.07, 6.45) is 9.69. The van der Waals surface area contributed by atoms with E-state index in [-0.39, 0.29) is 5.54 Å². The average molecular weight is 249 g/mol. The van der Waals surface area contributed by atoms with Crippen molar-refractivity contribution >= 4 is 0 Å². The molecule has 0 aromatic heterocycles. The van der Waals surface area contributed by atoms with Crippen molar-refractivity contribution in [2.75, 3.05) is 0 Å². The molecule has 0 aromatic rings. The van der Waals surface area contributed by atoms with E-state index in [1.165, 1.54) is 37.0 Å². The lowest BCUT2D eigenvalue weighted by molar-refractivity contribution is 0.307.